The number of aromatic nitrogens is 2. The van der Waals surface area contributed by atoms with Crippen LogP contribution in [-0.4, -0.2) is 57.3 Å². The monoisotopic (exact) mass is 344 g/mol. The number of pyridine rings is 1. The Labute approximate surface area is 149 Å². The molecule has 0 saturated carbocycles. The number of nitrogens with zero attached hydrogens (tertiary/aromatic N) is 4. The SMILES string of the molecule is CC.CCC(=O)N1CCN(C(=O)Cn2cc(C)c3cnccc32)CC1. The molecular weight excluding hydrogens is 316 g/mol. The van der Waals surface area contributed by atoms with Gasteiger partial charge in [0.1, 0.15) is 6.54 Å². The third-order valence-corrected chi connectivity index (χ3v) is 4.47. The van der Waals surface area contributed by atoms with Gasteiger partial charge >= 0.3 is 0 Å². The second-order valence-corrected chi connectivity index (χ2v) is 5.95. The van der Waals surface area contributed by atoms with Gasteiger partial charge < -0.3 is 14.4 Å². The number of carbonyl (C=O) groups excluding carboxylic acids is 2. The Kier molecular flexibility index (Phi) is 6.56. The summed E-state index contributed by atoms with van der Waals surface area (Å²) in [6, 6.07) is 1.94. The van der Waals surface area contributed by atoms with Crippen molar-refractivity contribution in [1.82, 2.24) is 19.4 Å². The molecule has 3 rings (SSSR count). The van der Waals surface area contributed by atoms with Gasteiger partial charge in [-0.1, -0.05) is 20.8 Å². The molecule has 0 atom stereocenters. The van der Waals surface area contributed by atoms with Gasteiger partial charge in [-0.2, -0.15) is 0 Å². The first-order valence-corrected chi connectivity index (χ1v) is 9.05. The van der Waals surface area contributed by atoms with Crippen LogP contribution in [0.5, 0.6) is 0 Å². The number of rotatable bonds is 3. The zero-order valence-corrected chi connectivity index (χ0v) is 15.7. The van der Waals surface area contributed by atoms with Crippen LogP contribution in [0.15, 0.2) is 24.7 Å². The van der Waals surface area contributed by atoms with Gasteiger partial charge in [-0.05, 0) is 18.6 Å². The van der Waals surface area contributed by atoms with Crippen LogP contribution in [0.1, 0.15) is 32.8 Å². The third-order valence-electron chi connectivity index (χ3n) is 4.47. The lowest BCUT2D eigenvalue weighted by atomic mass is 10.2. The van der Waals surface area contributed by atoms with Crippen LogP contribution in [0.3, 0.4) is 0 Å². The summed E-state index contributed by atoms with van der Waals surface area (Å²) >= 11 is 0. The van der Waals surface area contributed by atoms with Gasteiger partial charge in [0.25, 0.3) is 0 Å². The molecule has 0 N–H and O–H groups in total. The first kappa shape index (κ1) is 19.0. The van der Waals surface area contributed by atoms with E-state index in [0.29, 0.717) is 39.1 Å². The smallest absolute Gasteiger partial charge is 0.242 e. The van der Waals surface area contributed by atoms with E-state index in [2.05, 4.69) is 4.98 Å². The van der Waals surface area contributed by atoms with E-state index in [0.717, 1.165) is 16.5 Å². The van der Waals surface area contributed by atoms with Crippen molar-refractivity contribution in [2.75, 3.05) is 26.2 Å². The van der Waals surface area contributed by atoms with Crippen LogP contribution in [0, 0.1) is 6.92 Å². The Hall–Kier alpha value is -2.37. The molecule has 2 aromatic rings. The average Bonchev–Trinajstić information content (AvgIpc) is 2.99. The van der Waals surface area contributed by atoms with Crippen molar-refractivity contribution in [3.05, 3.63) is 30.2 Å². The quantitative estimate of drug-likeness (QED) is 0.859. The maximum atomic E-state index is 12.6. The highest BCUT2D eigenvalue weighted by Gasteiger charge is 2.23. The van der Waals surface area contributed by atoms with Crippen molar-refractivity contribution in [2.45, 2.75) is 40.7 Å². The highest BCUT2D eigenvalue weighted by molar-refractivity contribution is 5.85. The molecule has 136 valence electrons. The molecule has 0 unspecified atom stereocenters. The Morgan fingerprint density at radius 1 is 1.08 bits per heavy atom. The third kappa shape index (κ3) is 4.18. The minimum absolute atomic E-state index is 0.0994. The van der Waals surface area contributed by atoms with Gasteiger partial charge in [0.2, 0.25) is 11.8 Å². The van der Waals surface area contributed by atoms with E-state index in [4.69, 9.17) is 0 Å². The van der Waals surface area contributed by atoms with Crippen molar-refractivity contribution >= 4 is 22.7 Å². The van der Waals surface area contributed by atoms with Crippen LogP contribution in [0.25, 0.3) is 10.9 Å². The van der Waals surface area contributed by atoms with Crippen LogP contribution < -0.4 is 0 Å². The highest BCUT2D eigenvalue weighted by Crippen LogP contribution is 2.19. The average molecular weight is 344 g/mol. The fraction of sp³-hybridized carbons (Fsp3) is 0.526. The summed E-state index contributed by atoms with van der Waals surface area (Å²) in [4.78, 5) is 32.1. The van der Waals surface area contributed by atoms with Gasteiger partial charge in [0.15, 0.2) is 0 Å². The van der Waals surface area contributed by atoms with E-state index in [9.17, 15) is 9.59 Å². The normalized spacial score (nSPS) is 14.2. The van der Waals surface area contributed by atoms with E-state index in [1.165, 1.54) is 0 Å². The second-order valence-electron chi connectivity index (χ2n) is 5.95. The molecule has 0 radical (unpaired) electrons. The standard InChI is InChI=1S/C17H22N4O2.C2H6/c1-3-16(22)19-6-8-20(9-7-19)17(23)12-21-11-13(2)14-10-18-5-4-15(14)21;1-2/h4-5,10-11H,3,6-9,12H2,1-2H3;1-2H3. The van der Waals surface area contributed by atoms with Crippen molar-refractivity contribution in [3.63, 3.8) is 0 Å². The summed E-state index contributed by atoms with van der Waals surface area (Å²) in [6.07, 6.45) is 6.11. The fourth-order valence-corrected chi connectivity index (χ4v) is 3.12. The number of aryl methyl sites for hydroxylation is 1. The Morgan fingerprint density at radius 3 is 2.28 bits per heavy atom. The molecular formula is C19H28N4O2. The molecule has 2 amide bonds. The summed E-state index contributed by atoms with van der Waals surface area (Å²) in [7, 11) is 0. The Morgan fingerprint density at radius 2 is 1.68 bits per heavy atom. The van der Waals surface area contributed by atoms with Gasteiger partial charge in [0.05, 0.1) is 5.52 Å². The maximum Gasteiger partial charge on any atom is 0.242 e. The molecule has 0 aromatic carbocycles. The van der Waals surface area contributed by atoms with E-state index < -0.39 is 0 Å². The van der Waals surface area contributed by atoms with Crippen LogP contribution in [0.4, 0.5) is 0 Å². The lowest BCUT2D eigenvalue weighted by Gasteiger charge is -2.34. The molecule has 0 spiro atoms. The molecule has 1 saturated heterocycles. The molecule has 3 heterocycles. The topological polar surface area (TPSA) is 58.4 Å². The van der Waals surface area contributed by atoms with Gasteiger partial charge in [-0.3, -0.25) is 14.6 Å². The van der Waals surface area contributed by atoms with Crippen molar-refractivity contribution in [3.8, 4) is 0 Å². The van der Waals surface area contributed by atoms with E-state index in [1.807, 2.05) is 60.5 Å². The molecule has 0 bridgehead atoms. The molecule has 25 heavy (non-hydrogen) atoms. The first-order valence-electron chi connectivity index (χ1n) is 9.05. The molecule has 1 fully saturated rings. The minimum atomic E-state index is 0.0994. The Balaban J connectivity index is 0.00000109. The summed E-state index contributed by atoms with van der Waals surface area (Å²) in [5, 5.41) is 1.08. The number of piperazine rings is 1. The van der Waals surface area contributed by atoms with Crippen LogP contribution in [-0.2, 0) is 16.1 Å². The molecule has 0 aliphatic carbocycles. The zero-order chi connectivity index (χ0) is 18.4. The largest absolute Gasteiger partial charge is 0.339 e. The van der Waals surface area contributed by atoms with Crippen LogP contribution in [0.2, 0.25) is 0 Å². The minimum Gasteiger partial charge on any atom is -0.339 e. The van der Waals surface area contributed by atoms with Crippen molar-refractivity contribution < 1.29 is 9.59 Å². The number of carbonyl (C=O) groups is 2. The second kappa shape index (κ2) is 8.65. The molecule has 1 aliphatic rings. The van der Waals surface area contributed by atoms with Crippen molar-refractivity contribution in [2.24, 2.45) is 0 Å². The lowest BCUT2D eigenvalue weighted by molar-refractivity contribution is -0.139. The number of amides is 2. The predicted molar refractivity (Wildman–Crippen MR) is 99.3 cm³/mol. The summed E-state index contributed by atoms with van der Waals surface area (Å²) in [6.45, 7) is 10.7. The van der Waals surface area contributed by atoms with E-state index in [1.54, 1.807) is 6.20 Å². The van der Waals surface area contributed by atoms with Gasteiger partial charge in [0, 0.05) is 56.6 Å². The van der Waals surface area contributed by atoms with E-state index in [-0.39, 0.29) is 11.8 Å². The molecule has 6 heteroatoms. The predicted octanol–water partition coefficient (Wildman–Crippen LogP) is 2.45. The first-order chi connectivity index (χ1) is 12.1. The molecule has 2 aromatic heterocycles. The molecule has 1 aliphatic heterocycles. The number of fused-ring (bicyclic) bond motifs is 1. The molecule has 6 nitrogen and oxygen atoms in total. The number of hydrogen-bond acceptors (Lipinski definition) is 3. The summed E-state index contributed by atoms with van der Waals surface area (Å²) < 4.78 is 1.98. The van der Waals surface area contributed by atoms with Gasteiger partial charge in [-0.25, -0.2) is 0 Å². The maximum absolute atomic E-state index is 12.6. The zero-order valence-electron chi connectivity index (χ0n) is 15.7. The van der Waals surface area contributed by atoms with Crippen LogP contribution >= 0.6 is 0 Å². The fourth-order valence-electron chi connectivity index (χ4n) is 3.12. The van der Waals surface area contributed by atoms with Crippen molar-refractivity contribution in [1.29, 1.82) is 0 Å². The highest BCUT2D eigenvalue weighted by atomic mass is 16.2. The summed E-state index contributed by atoms with van der Waals surface area (Å²) in [5.41, 5.74) is 2.16. The Bertz CT molecular complexity index is 730. The van der Waals surface area contributed by atoms with Gasteiger partial charge in [-0.15, -0.1) is 0 Å². The number of hydrogen-bond donors (Lipinski definition) is 0. The lowest BCUT2D eigenvalue weighted by Crippen LogP contribution is -2.51. The summed E-state index contributed by atoms with van der Waals surface area (Å²) in [5.74, 6) is 0.263. The van der Waals surface area contributed by atoms with E-state index >= 15 is 0 Å².